The average molecular weight is 622 g/mol. The van der Waals surface area contributed by atoms with Gasteiger partial charge >= 0.3 is 0 Å². The molecule has 262 valence electrons. The highest BCUT2D eigenvalue weighted by atomic mass is 16.3. The lowest BCUT2D eigenvalue weighted by Gasteiger charge is -2.20. The molecule has 4 nitrogen and oxygen atoms in total. The fraction of sp³-hybridized carbons (Fsp3) is 0.925. The van der Waals surface area contributed by atoms with Crippen molar-refractivity contribution in [3.63, 3.8) is 0 Å². The summed E-state index contributed by atoms with van der Waals surface area (Å²) in [5.41, 5.74) is 0. The van der Waals surface area contributed by atoms with Crippen LogP contribution in [-0.4, -0.2) is 34.9 Å². The van der Waals surface area contributed by atoms with Crippen LogP contribution in [0.15, 0.2) is 12.2 Å². The summed E-state index contributed by atoms with van der Waals surface area (Å²) < 4.78 is 0. The van der Waals surface area contributed by atoms with Crippen LogP contribution < -0.4 is 5.32 Å². The molecule has 0 aliphatic rings. The third-order valence-corrected chi connectivity index (χ3v) is 9.27. The molecule has 4 heteroatoms. The van der Waals surface area contributed by atoms with Gasteiger partial charge in [0.15, 0.2) is 0 Å². The van der Waals surface area contributed by atoms with Gasteiger partial charge in [-0.2, -0.15) is 0 Å². The Morgan fingerprint density at radius 1 is 0.523 bits per heavy atom. The molecule has 0 aromatic carbocycles. The van der Waals surface area contributed by atoms with E-state index in [4.69, 9.17) is 0 Å². The summed E-state index contributed by atoms with van der Waals surface area (Å²) in [7, 11) is 0. The van der Waals surface area contributed by atoms with Crippen molar-refractivity contribution in [1.82, 2.24) is 5.32 Å². The molecule has 0 aromatic heterocycles. The number of rotatable bonds is 36. The highest BCUT2D eigenvalue weighted by Gasteiger charge is 2.17. The molecular weight excluding hydrogens is 542 g/mol. The van der Waals surface area contributed by atoms with Crippen molar-refractivity contribution in [1.29, 1.82) is 0 Å². The number of carbonyl (C=O) groups excluding carboxylic acids is 1. The van der Waals surface area contributed by atoms with E-state index in [0.29, 0.717) is 6.42 Å². The van der Waals surface area contributed by atoms with Crippen molar-refractivity contribution < 1.29 is 15.0 Å². The van der Waals surface area contributed by atoms with Gasteiger partial charge in [-0.1, -0.05) is 206 Å². The second kappa shape index (κ2) is 36.6. The summed E-state index contributed by atoms with van der Waals surface area (Å²) in [6.45, 7) is 4.28. The largest absolute Gasteiger partial charge is 0.394 e. The zero-order valence-corrected chi connectivity index (χ0v) is 29.9. The van der Waals surface area contributed by atoms with Crippen molar-refractivity contribution in [2.24, 2.45) is 0 Å². The van der Waals surface area contributed by atoms with Crippen LogP contribution in [0.4, 0.5) is 0 Å². The topological polar surface area (TPSA) is 69.6 Å². The molecule has 0 saturated carbocycles. The van der Waals surface area contributed by atoms with E-state index in [2.05, 4.69) is 19.2 Å². The van der Waals surface area contributed by atoms with E-state index in [1.807, 2.05) is 6.08 Å². The van der Waals surface area contributed by atoms with Gasteiger partial charge in [-0.25, -0.2) is 0 Å². The van der Waals surface area contributed by atoms with E-state index in [0.717, 1.165) is 25.7 Å². The monoisotopic (exact) mass is 622 g/mol. The Morgan fingerprint density at radius 3 is 1.18 bits per heavy atom. The maximum atomic E-state index is 12.3. The average Bonchev–Trinajstić information content (AvgIpc) is 3.03. The molecule has 2 unspecified atom stereocenters. The van der Waals surface area contributed by atoms with E-state index in [1.165, 1.54) is 173 Å². The Bertz CT molecular complexity index is 593. The number of aliphatic hydroxyl groups excluding tert-OH is 2. The van der Waals surface area contributed by atoms with Crippen LogP contribution >= 0.6 is 0 Å². The second-order valence-corrected chi connectivity index (χ2v) is 13.7. The number of carbonyl (C=O) groups is 1. The molecule has 0 fully saturated rings. The van der Waals surface area contributed by atoms with Gasteiger partial charge in [0.1, 0.15) is 0 Å². The molecule has 0 rings (SSSR count). The first kappa shape index (κ1) is 43.1. The minimum Gasteiger partial charge on any atom is -0.394 e. The first-order chi connectivity index (χ1) is 21.7. The van der Waals surface area contributed by atoms with Crippen molar-refractivity contribution in [3.8, 4) is 0 Å². The van der Waals surface area contributed by atoms with Crippen molar-refractivity contribution in [3.05, 3.63) is 12.2 Å². The summed E-state index contributed by atoms with van der Waals surface area (Å²) in [6, 6.07) is -0.613. The number of unbranched alkanes of at least 4 members (excludes halogenated alkanes) is 29. The molecule has 0 spiro atoms. The Labute approximate surface area is 276 Å². The van der Waals surface area contributed by atoms with Crippen LogP contribution in [0.1, 0.15) is 219 Å². The third-order valence-electron chi connectivity index (χ3n) is 9.27. The first-order valence-electron chi connectivity index (χ1n) is 19.9. The van der Waals surface area contributed by atoms with Crippen LogP contribution in [0.2, 0.25) is 0 Å². The quantitative estimate of drug-likeness (QED) is 0.0481. The van der Waals surface area contributed by atoms with Crippen molar-refractivity contribution in [2.45, 2.75) is 231 Å². The third kappa shape index (κ3) is 32.5. The molecule has 44 heavy (non-hydrogen) atoms. The number of nitrogens with one attached hydrogen (secondary N) is 1. The van der Waals surface area contributed by atoms with Gasteiger partial charge in [0.2, 0.25) is 5.91 Å². The maximum absolute atomic E-state index is 12.3. The number of hydrogen-bond donors (Lipinski definition) is 3. The van der Waals surface area contributed by atoms with Crippen molar-refractivity contribution >= 4 is 5.91 Å². The van der Waals surface area contributed by atoms with Crippen LogP contribution in [0.25, 0.3) is 0 Å². The van der Waals surface area contributed by atoms with E-state index < -0.39 is 12.1 Å². The lowest BCUT2D eigenvalue weighted by atomic mass is 10.0. The Balaban J connectivity index is 3.43. The molecule has 1 amide bonds. The molecule has 0 aliphatic heterocycles. The first-order valence-corrected chi connectivity index (χ1v) is 19.9. The van der Waals surface area contributed by atoms with E-state index in [9.17, 15) is 15.0 Å². The van der Waals surface area contributed by atoms with Gasteiger partial charge in [0, 0.05) is 6.42 Å². The number of aliphatic hydroxyl groups is 2. The van der Waals surface area contributed by atoms with Gasteiger partial charge in [-0.3, -0.25) is 4.79 Å². The summed E-state index contributed by atoms with van der Waals surface area (Å²) in [5, 5.41) is 22.8. The summed E-state index contributed by atoms with van der Waals surface area (Å²) in [4.78, 5) is 12.3. The highest BCUT2D eigenvalue weighted by Crippen LogP contribution is 2.16. The fourth-order valence-electron chi connectivity index (χ4n) is 6.18. The lowest BCUT2D eigenvalue weighted by molar-refractivity contribution is -0.123. The predicted octanol–water partition coefficient (Wildman–Crippen LogP) is 11.9. The Kier molecular flexibility index (Phi) is 35.9. The Hall–Kier alpha value is -0.870. The van der Waals surface area contributed by atoms with Crippen LogP contribution in [0.3, 0.4) is 0 Å². The van der Waals surface area contributed by atoms with Gasteiger partial charge in [-0.05, 0) is 19.3 Å². The number of allylic oxidation sites excluding steroid dienone is 1. The van der Waals surface area contributed by atoms with E-state index >= 15 is 0 Å². The molecule has 2 atom stereocenters. The van der Waals surface area contributed by atoms with Gasteiger partial charge in [0.25, 0.3) is 0 Å². The zero-order chi connectivity index (χ0) is 32.2. The summed E-state index contributed by atoms with van der Waals surface area (Å²) in [6.07, 6.45) is 44.7. The number of hydrogen-bond acceptors (Lipinski definition) is 3. The number of amides is 1. The lowest BCUT2D eigenvalue weighted by Crippen LogP contribution is -2.45. The maximum Gasteiger partial charge on any atom is 0.220 e. The van der Waals surface area contributed by atoms with Gasteiger partial charge in [0.05, 0.1) is 18.8 Å². The van der Waals surface area contributed by atoms with E-state index in [1.54, 1.807) is 6.08 Å². The van der Waals surface area contributed by atoms with Gasteiger partial charge in [-0.15, -0.1) is 0 Å². The SMILES string of the molecule is CCCCCCCC/C=C/C(O)C(CO)NC(=O)CCCCCCCCCCCCCCCCCCCCCCCCCC. The summed E-state index contributed by atoms with van der Waals surface area (Å²) >= 11 is 0. The molecule has 0 bridgehead atoms. The second-order valence-electron chi connectivity index (χ2n) is 13.7. The fourth-order valence-corrected chi connectivity index (χ4v) is 6.18. The van der Waals surface area contributed by atoms with Crippen LogP contribution in [0, 0.1) is 0 Å². The highest BCUT2D eigenvalue weighted by molar-refractivity contribution is 5.76. The molecule has 0 saturated heterocycles. The molecule has 0 aromatic rings. The molecular formula is C40H79NO3. The molecule has 0 aliphatic carbocycles. The van der Waals surface area contributed by atoms with E-state index in [-0.39, 0.29) is 12.5 Å². The molecule has 3 N–H and O–H groups in total. The standard InChI is InChI=1S/C40H79NO3/c1-3-5-7-9-11-13-14-15-16-17-18-19-20-21-22-23-24-25-26-27-28-30-32-34-36-40(44)41-38(37-42)39(43)35-33-31-29-12-10-8-6-4-2/h33,35,38-39,42-43H,3-32,34,36-37H2,1-2H3,(H,41,44)/b35-33+. The van der Waals surface area contributed by atoms with Crippen molar-refractivity contribution in [2.75, 3.05) is 6.61 Å². The molecule has 0 radical (unpaired) electrons. The van der Waals surface area contributed by atoms with Gasteiger partial charge < -0.3 is 15.5 Å². The normalized spacial score (nSPS) is 13.1. The zero-order valence-electron chi connectivity index (χ0n) is 29.9. The Morgan fingerprint density at radius 2 is 0.841 bits per heavy atom. The molecule has 0 heterocycles. The van der Waals surface area contributed by atoms with Crippen LogP contribution in [0.5, 0.6) is 0 Å². The smallest absolute Gasteiger partial charge is 0.220 e. The van der Waals surface area contributed by atoms with Crippen LogP contribution in [-0.2, 0) is 4.79 Å². The minimum absolute atomic E-state index is 0.0637. The predicted molar refractivity (Wildman–Crippen MR) is 193 cm³/mol. The minimum atomic E-state index is -0.830. The summed E-state index contributed by atoms with van der Waals surface area (Å²) in [5.74, 6) is -0.0637.